The van der Waals surface area contributed by atoms with Crippen LogP contribution in [-0.4, -0.2) is 61.1 Å². The molecule has 0 aliphatic carbocycles. The second kappa shape index (κ2) is 8.71. The first-order valence-electron chi connectivity index (χ1n) is 10.1. The molecule has 1 aromatic carbocycles. The van der Waals surface area contributed by atoms with Crippen LogP contribution in [0.1, 0.15) is 34.1 Å². The fraction of sp³-hybridized carbons (Fsp3) is 0.409. The average Bonchev–Trinajstić information content (AvgIpc) is 3.01. The highest BCUT2D eigenvalue weighted by molar-refractivity contribution is 6.11. The van der Waals surface area contributed by atoms with Crippen LogP contribution in [0.25, 0.3) is 0 Å². The van der Waals surface area contributed by atoms with E-state index in [1.807, 2.05) is 31.2 Å². The van der Waals surface area contributed by atoms with E-state index in [-0.39, 0.29) is 18.2 Å². The summed E-state index contributed by atoms with van der Waals surface area (Å²) in [6.45, 7) is 6.64. The van der Waals surface area contributed by atoms with Crippen LogP contribution in [0.3, 0.4) is 0 Å². The number of rotatable bonds is 6. The van der Waals surface area contributed by atoms with E-state index in [0.717, 1.165) is 44.1 Å². The smallest absolute Gasteiger partial charge is 0.260 e. The van der Waals surface area contributed by atoms with Crippen LogP contribution in [0.15, 0.2) is 42.6 Å². The fourth-order valence-corrected chi connectivity index (χ4v) is 3.95. The fourth-order valence-electron chi connectivity index (χ4n) is 3.95. The molecule has 1 N–H and O–H groups in total. The van der Waals surface area contributed by atoms with E-state index in [4.69, 9.17) is 4.74 Å². The van der Waals surface area contributed by atoms with E-state index in [1.54, 1.807) is 23.2 Å². The summed E-state index contributed by atoms with van der Waals surface area (Å²) in [5, 5.41) is 3.00. The number of carbonyl (C=O) groups excluding carboxylic acids is 2. The largest absolute Gasteiger partial charge is 0.379 e. The molecule has 2 aromatic rings. The number of aryl methyl sites for hydroxylation is 1. The second-order valence-electron chi connectivity index (χ2n) is 7.47. The van der Waals surface area contributed by atoms with Gasteiger partial charge >= 0.3 is 0 Å². The molecule has 0 bridgehead atoms. The Morgan fingerprint density at radius 3 is 2.86 bits per heavy atom. The van der Waals surface area contributed by atoms with Crippen LogP contribution in [0.5, 0.6) is 0 Å². The molecule has 1 atom stereocenters. The maximum atomic E-state index is 13.1. The Bertz CT molecular complexity index is 895. The molecule has 7 heteroatoms. The number of nitrogens with zero attached hydrogens (tertiary/aromatic N) is 3. The van der Waals surface area contributed by atoms with Crippen LogP contribution in [0, 0.1) is 6.92 Å². The van der Waals surface area contributed by atoms with Gasteiger partial charge in [-0.05, 0) is 36.8 Å². The van der Waals surface area contributed by atoms with Crippen LogP contribution in [0.2, 0.25) is 0 Å². The molecular weight excluding hydrogens is 368 g/mol. The van der Waals surface area contributed by atoms with Gasteiger partial charge in [-0.3, -0.25) is 24.4 Å². The van der Waals surface area contributed by atoms with Crippen molar-refractivity contribution in [2.45, 2.75) is 19.4 Å². The number of carbonyl (C=O) groups is 2. The third-order valence-electron chi connectivity index (χ3n) is 5.43. The monoisotopic (exact) mass is 394 g/mol. The van der Waals surface area contributed by atoms with Gasteiger partial charge in [-0.1, -0.05) is 12.1 Å². The van der Waals surface area contributed by atoms with E-state index >= 15 is 0 Å². The van der Waals surface area contributed by atoms with Crippen LogP contribution >= 0.6 is 0 Å². The SMILES string of the molecule is Cc1cccc(N2C(=O)c3cccnc3C2CC(=O)NCCN2CCOCC2)c1. The van der Waals surface area contributed by atoms with Crippen molar-refractivity contribution in [2.75, 3.05) is 44.3 Å². The van der Waals surface area contributed by atoms with Gasteiger partial charge in [0, 0.05) is 38.1 Å². The summed E-state index contributed by atoms with van der Waals surface area (Å²) in [4.78, 5) is 34.1. The van der Waals surface area contributed by atoms with Crippen molar-refractivity contribution in [3.8, 4) is 0 Å². The number of hydrogen-bond acceptors (Lipinski definition) is 5. The van der Waals surface area contributed by atoms with Crippen LogP contribution < -0.4 is 10.2 Å². The van der Waals surface area contributed by atoms with Crippen molar-refractivity contribution in [3.05, 3.63) is 59.4 Å². The van der Waals surface area contributed by atoms with Crippen molar-refractivity contribution in [3.63, 3.8) is 0 Å². The third kappa shape index (κ3) is 4.31. The van der Waals surface area contributed by atoms with Gasteiger partial charge in [0.1, 0.15) is 0 Å². The lowest BCUT2D eigenvalue weighted by Crippen LogP contribution is -2.42. The van der Waals surface area contributed by atoms with E-state index in [0.29, 0.717) is 17.8 Å². The number of morpholine rings is 1. The minimum Gasteiger partial charge on any atom is -0.379 e. The van der Waals surface area contributed by atoms with Crippen molar-refractivity contribution in [1.29, 1.82) is 0 Å². The van der Waals surface area contributed by atoms with Crippen molar-refractivity contribution in [2.24, 2.45) is 0 Å². The van der Waals surface area contributed by atoms with Crippen molar-refractivity contribution in [1.82, 2.24) is 15.2 Å². The van der Waals surface area contributed by atoms with Gasteiger partial charge < -0.3 is 10.1 Å². The van der Waals surface area contributed by atoms with Crippen molar-refractivity contribution >= 4 is 17.5 Å². The number of hydrogen-bond donors (Lipinski definition) is 1. The predicted molar refractivity (Wildman–Crippen MR) is 110 cm³/mol. The van der Waals surface area contributed by atoms with Gasteiger partial charge in [0.2, 0.25) is 5.91 Å². The minimum absolute atomic E-state index is 0.0767. The van der Waals surface area contributed by atoms with Crippen LogP contribution in [0.4, 0.5) is 5.69 Å². The predicted octanol–water partition coefficient (Wildman–Crippen LogP) is 1.93. The lowest BCUT2D eigenvalue weighted by atomic mass is 10.1. The first kappa shape index (κ1) is 19.5. The molecule has 29 heavy (non-hydrogen) atoms. The zero-order valence-corrected chi connectivity index (χ0v) is 16.6. The Labute approximate surface area is 170 Å². The summed E-state index contributed by atoms with van der Waals surface area (Å²) in [6, 6.07) is 10.9. The Balaban J connectivity index is 1.47. The highest BCUT2D eigenvalue weighted by Gasteiger charge is 2.39. The van der Waals surface area contributed by atoms with Gasteiger partial charge in [-0.25, -0.2) is 0 Å². The molecule has 1 aromatic heterocycles. The summed E-state index contributed by atoms with van der Waals surface area (Å²) in [5.41, 5.74) is 3.09. The molecule has 2 aliphatic rings. The topological polar surface area (TPSA) is 74.8 Å². The molecule has 4 rings (SSSR count). The Hall–Kier alpha value is -2.77. The second-order valence-corrected chi connectivity index (χ2v) is 7.47. The van der Waals surface area contributed by atoms with Gasteiger partial charge in [0.05, 0.1) is 36.9 Å². The standard InChI is InChI=1S/C22H26N4O3/c1-16-4-2-5-17(14-16)26-19(21-18(22(26)28)6-3-7-24-21)15-20(27)23-8-9-25-10-12-29-13-11-25/h2-7,14,19H,8-13,15H2,1H3,(H,23,27). The number of amides is 2. The quantitative estimate of drug-likeness (QED) is 0.810. The molecule has 1 fully saturated rings. The zero-order valence-electron chi connectivity index (χ0n) is 16.6. The molecule has 2 amide bonds. The molecule has 0 radical (unpaired) electrons. The number of anilines is 1. The number of benzene rings is 1. The summed E-state index contributed by atoms with van der Waals surface area (Å²) in [6.07, 6.45) is 1.86. The Morgan fingerprint density at radius 1 is 1.24 bits per heavy atom. The van der Waals surface area contributed by atoms with E-state index in [1.165, 1.54) is 0 Å². The Morgan fingerprint density at radius 2 is 2.07 bits per heavy atom. The lowest BCUT2D eigenvalue weighted by molar-refractivity contribution is -0.121. The van der Waals surface area contributed by atoms with E-state index in [2.05, 4.69) is 15.2 Å². The summed E-state index contributed by atoms with van der Waals surface area (Å²) in [7, 11) is 0. The maximum absolute atomic E-state index is 13.1. The molecule has 152 valence electrons. The molecule has 2 aliphatic heterocycles. The highest BCUT2D eigenvalue weighted by Crippen LogP contribution is 2.38. The van der Waals surface area contributed by atoms with Gasteiger partial charge in [0.25, 0.3) is 5.91 Å². The number of aromatic nitrogens is 1. The molecule has 1 saturated heterocycles. The molecule has 7 nitrogen and oxygen atoms in total. The van der Waals surface area contributed by atoms with Crippen molar-refractivity contribution < 1.29 is 14.3 Å². The van der Waals surface area contributed by atoms with E-state index in [9.17, 15) is 9.59 Å². The Kier molecular flexibility index (Phi) is 5.87. The number of ether oxygens (including phenoxy) is 1. The molecule has 0 spiro atoms. The van der Waals surface area contributed by atoms with Gasteiger partial charge in [-0.15, -0.1) is 0 Å². The first-order chi connectivity index (χ1) is 14.1. The lowest BCUT2D eigenvalue weighted by Gasteiger charge is -2.27. The number of fused-ring (bicyclic) bond motifs is 1. The minimum atomic E-state index is -0.399. The first-order valence-corrected chi connectivity index (χ1v) is 10.1. The van der Waals surface area contributed by atoms with Gasteiger partial charge in [0.15, 0.2) is 0 Å². The average molecular weight is 394 g/mol. The molecule has 0 saturated carbocycles. The number of pyridine rings is 1. The normalized spacial score (nSPS) is 19.3. The summed E-state index contributed by atoms with van der Waals surface area (Å²) >= 11 is 0. The third-order valence-corrected chi connectivity index (χ3v) is 5.43. The van der Waals surface area contributed by atoms with Gasteiger partial charge in [-0.2, -0.15) is 0 Å². The number of nitrogens with one attached hydrogen (secondary N) is 1. The molecule has 3 heterocycles. The maximum Gasteiger partial charge on any atom is 0.260 e. The summed E-state index contributed by atoms with van der Waals surface area (Å²) in [5.74, 6) is -0.183. The highest BCUT2D eigenvalue weighted by atomic mass is 16.5. The molecular formula is C22H26N4O3. The molecule has 1 unspecified atom stereocenters. The van der Waals surface area contributed by atoms with E-state index < -0.39 is 6.04 Å². The zero-order chi connectivity index (χ0) is 20.2. The summed E-state index contributed by atoms with van der Waals surface area (Å²) < 4.78 is 5.35. The van der Waals surface area contributed by atoms with Crippen LogP contribution in [-0.2, 0) is 9.53 Å².